The lowest BCUT2D eigenvalue weighted by molar-refractivity contribution is -0.122. The van der Waals surface area contributed by atoms with Gasteiger partial charge in [-0.15, -0.1) is 21.5 Å². The molecule has 0 bridgehead atoms. The summed E-state index contributed by atoms with van der Waals surface area (Å²) >= 11 is 1.67. The molecule has 0 unspecified atom stereocenters. The quantitative estimate of drug-likeness (QED) is 0.647. The van der Waals surface area contributed by atoms with E-state index in [1.807, 2.05) is 23.6 Å². The molecule has 2 heterocycles. The first-order chi connectivity index (χ1) is 12.7. The van der Waals surface area contributed by atoms with Gasteiger partial charge in [0.1, 0.15) is 6.54 Å². The Labute approximate surface area is 154 Å². The highest BCUT2D eigenvalue weighted by Crippen LogP contribution is 2.30. The Morgan fingerprint density at radius 2 is 2.08 bits per heavy atom. The second kappa shape index (κ2) is 8.43. The second-order valence-corrected chi connectivity index (χ2v) is 6.42. The average Bonchev–Trinajstić information content (AvgIpc) is 3.33. The molecule has 3 aromatic rings. The van der Waals surface area contributed by atoms with Gasteiger partial charge in [-0.3, -0.25) is 4.79 Å². The Balaban J connectivity index is 1.58. The van der Waals surface area contributed by atoms with Crippen molar-refractivity contribution in [2.75, 3.05) is 20.8 Å². The maximum atomic E-state index is 12.0. The lowest BCUT2D eigenvalue weighted by Crippen LogP contribution is -2.30. The fourth-order valence-electron chi connectivity index (χ4n) is 2.37. The van der Waals surface area contributed by atoms with Gasteiger partial charge in [-0.05, 0) is 41.3 Å². The molecule has 2 aromatic heterocycles. The van der Waals surface area contributed by atoms with Gasteiger partial charge in [-0.1, -0.05) is 6.07 Å². The van der Waals surface area contributed by atoms with E-state index < -0.39 is 0 Å². The first-order valence-electron chi connectivity index (χ1n) is 7.99. The zero-order chi connectivity index (χ0) is 18.4. The topological polar surface area (TPSA) is 91.2 Å². The third kappa shape index (κ3) is 4.37. The summed E-state index contributed by atoms with van der Waals surface area (Å²) in [5.74, 6) is 1.46. The van der Waals surface area contributed by atoms with E-state index in [0.29, 0.717) is 23.9 Å². The molecular weight excluding hydrogens is 354 g/mol. The molecule has 0 saturated carbocycles. The molecule has 1 aromatic carbocycles. The summed E-state index contributed by atoms with van der Waals surface area (Å²) in [5, 5.41) is 17.1. The van der Waals surface area contributed by atoms with Crippen LogP contribution in [0.2, 0.25) is 0 Å². The van der Waals surface area contributed by atoms with Crippen LogP contribution in [0, 0.1) is 0 Å². The number of carbonyl (C=O) groups is 1. The number of ether oxygens (including phenoxy) is 2. The van der Waals surface area contributed by atoms with Crippen LogP contribution in [0.25, 0.3) is 11.4 Å². The molecule has 0 saturated heterocycles. The lowest BCUT2D eigenvalue weighted by Gasteiger charge is -2.07. The van der Waals surface area contributed by atoms with Crippen LogP contribution < -0.4 is 14.8 Å². The molecule has 26 heavy (non-hydrogen) atoms. The van der Waals surface area contributed by atoms with Crippen molar-refractivity contribution in [2.45, 2.75) is 13.0 Å². The molecule has 0 aliphatic heterocycles. The molecule has 0 radical (unpaired) electrons. The van der Waals surface area contributed by atoms with E-state index >= 15 is 0 Å². The summed E-state index contributed by atoms with van der Waals surface area (Å²) in [7, 11) is 3.13. The zero-order valence-corrected chi connectivity index (χ0v) is 15.3. The third-order valence-corrected chi connectivity index (χ3v) is 4.59. The van der Waals surface area contributed by atoms with Gasteiger partial charge in [0, 0.05) is 17.0 Å². The number of hydrogen-bond donors (Lipinski definition) is 1. The van der Waals surface area contributed by atoms with Crippen molar-refractivity contribution in [2.24, 2.45) is 0 Å². The predicted octanol–water partition coefficient (Wildman–Crippen LogP) is 1.78. The minimum absolute atomic E-state index is 0.0186. The first-order valence-corrected chi connectivity index (χ1v) is 8.87. The van der Waals surface area contributed by atoms with E-state index in [-0.39, 0.29) is 12.5 Å². The van der Waals surface area contributed by atoms with E-state index in [9.17, 15) is 4.79 Å². The normalized spacial score (nSPS) is 10.5. The molecule has 1 amide bonds. The molecule has 0 aliphatic carbocycles. The summed E-state index contributed by atoms with van der Waals surface area (Å²) in [4.78, 5) is 14.5. The van der Waals surface area contributed by atoms with Gasteiger partial charge in [-0.25, -0.2) is 0 Å². The van der Waals surface area contributed by atoms with Gasteiger partial charge in [0.2, 0.25) is 11.7 Å². The van der Waals surface area contributed by atoms with Crippen LogP contribution in [0.15, 0.2) is 35.7 Å². The fraction of sp³-hybridized carbons (Fsp3) is 0.294. The molecule has 0 aliphatic rings. The molecule has 9 heteroatoms. The lowest BCUT2D eigenvalue weighted by atomic mass is 10.2. The van der Waals surface area contributed by atoms with Gasteiger partial charge in [0.15, 0.2) is 11.5 Å². The van der Waals surface area contributed by atoms with Crippen LogP contribution in [0.4, 0.5) is 0 Å². The number of carbonyl (C=O) groups excluding carboxylic acids is 1. The summed E-state index contributed by atoms with van der Waals surface area (Å²) in [5.41, 5.74) is 0.729. The van der Waals surface area contributed by atoms with Crippen molar-refractivity contribution >= 4 is 17.2 Å². The van der Waals surface area contributed by atoms with Crippen LogP contribution >= 0.6 is 11.3 Å². The van der Waals surface area contributed by atoms with Gasteiger partial charge in [0.25, 0.3) is 0 Å². The Morgan fingerprint density at radius 3 is 2.81 bits per heavy atom. The Morgan fingerprint density at radius 1 is 1.23 bits per heavy atom. The number of rotatable bonds is 8. The SMILES string of the molecule is COc1ccc(-c2nnn(CC(=O)NCCc3cccs3)n2)cc1OC. The highest BCUT2D eigenvalue weighted by molar-refractivity contribution is 7.09. The summed E-state index contributed by atoms with van der Waals surface area (Å²) < 4.78 is 10.5. The van der Waals surface area contributed by atoms with Crippen molar-refractivity contribution in [3.05, 3.63) is 40.6 Å². The number of methoxy groups -OCH3 is 2. The van der Waals surface area contributed by atoms with Crippen LogP contribution in [0.3, 0.4) is 0 Å². The van der Waals surface area contributed by atoms with Crippen molar-refractivity contribution in [3.63, 3.8) is 0 Å². The smallest absolute Gasteiger partial charge is 0.243 e. The fourth-order valence-corrected chi connectivity index (χ4v) is 3.07. The molecule has 0 spiro atoms. The predicted molar refractivity (Wildman–Crippen MR) is 97.4 cm³/mol. The van der Waals surface area contributed by atoms with Crippen molar-refractivity contribution < 1.29 is 14.3 Å². The maximum Gasteiger partial charge on any atom is 0.243 e. The third-order valence-electron chi connectivity index (χ3n) is 3.65. The van der Waals surface area contributed by atoms with Gasteiger partial charge in [0.05, 0.1) is 14.2 Å². The van der Waals surface area contributed by atoms with Crippen molar-refractivity contribution in [1.29, 1.82) is 0 Å². The standard InChI is InChI=1S/C17H19N5O3S/c1-24-14-6-5-12(10-15(14)25-2)17-19-21-22(20-17)11-16(23)18-8-7-13-4-3-9-26-13/h3-6,9-10H,7-8,11H2,1-2H3,(H,18,23). The van der Waals surface area contributed by atoms with E-state index in [0.717, 1.165) is 12.0 Å². The molecule has 136 valence electrons. The summed E-state index contributed by atoms with van der Waals surface area (Å²) in [6.07, 6.45) is 0.811. The highest BCUT2D eigenvalue weighted by Gasteiger charge is 2.12. The van der Waals surface area contributed by atoms with E-state index in [1.54, 1.807) is 37.7 Å². The van der Waals surface area contributed by atoms with Crippen LogP contribution in [0.5, 0.6) is 11.5 Å². The zero-order valence-electron chi connectivity index (χ0n) is 14.5. The van der Waals surface area contributed by atoms with Crippen molar-refractivity contribution in [3.8, 4) is 22.9 Å². The van der Waals surface area contributed by atoms with Crippen molar-refractivity contribution in [1.82, 2.24) is 25.5 Å². The molecule has 0 atom stereocenters. The van der Waals surface area contributed by atoms with Gasteiger partial charge in [-0.2, -0.15) is 4.80 Å². The highest BCUT2D eigenvalue weighted by atomic mass is 32.1. The Kier molecular flexibility index (Phi) is 5.80. The molecule has 3 rings (SSSR count). The van der Waals surface area contributed by atoms with E-state index in [2.05, 4.69) is 20.7 Å². The molecule has 0 fully saturated rings. The minimum atomic E-state index is -0.155. The van der Waals surface area contributed by atoms with Crippen LogP contribution in [0.1, 0.15) is 4.88 Å². The number of tetrazole rings is 1. The van der Waals surface area contributed by atoms with Crippen LogP contribution in [-0.4, -0.2) is 46.9 Å². The van der Waals surface area contributed by atoms with Gasteiger partial charge >= 0.3 is 0 Å². The molecule has 1 N–H and O–H groups in total. The maximum absolute atomic E-state index is 12.0. The summed E-state index contributed by atoms with van der Waals surface area (Å²) in [6, 6.07) is 9.39. The number of nitrogens with one attached hydrogen (secondary N) is 1. The number of hydrogen-bond acceptors (Lipinski definition) is 7. The Bertz CT molecular complexity index is 863. The summed E-state index contributed by atoms with van der Waals surface area (Å²) in [6.45, 7) is 0.599. The monoisotopic (exact) mass is 373 g/mol. The van der Waals surface area contributed by atoms with E-state index in [1.165, 1.54) is 9.67 Å². The largest absolute Gasteiger partial charge is 0.493 e. The van der Waals surface area contributed by atoms with Gasteiger partial charge < -0.3 is 14.8 Å². The average molecular weight is 373 g/mol. The number of amides is 1. The first kappa shape index (κ1) is 17.9. The molecular formula is C17H19N5O3S. The van der Waals surface area contributed by atoms with Crippen LogP contribution in [-0.2, 0) is 17.8 Å². The number of thiophene rings is 1. The minimum Gasteiger partial charge on any atom is -0.493 e. The number of nitrogens with zero attached hydrogens (tertiary/aromatic N) is 4. The number of aromatic nitrogens is 4. The molecule has 8 nitrogen and oxygen atoms in total. The second-order valence-electron chi connectivity index (χ2n) is 5.39. The van der Waals surface area contributed by atoms with E-state index in [4.69, 9.17) is 9.47 Å². The Hall–Kier alpha value is -2.94. The number of benzene rings is 1.